The van der Waals surface area contributed by atoms with Crippen molar-refractivity contribution in [3.8, 4) is 0 Å². The second kappa shape index (κ2) is 7.67. The molecule has 1 amide bonds. The molecule has 0 spiro atoms. The normalized spacial score (nSPS) is 18.3. The molecular formula is C13H25NO3. The number of nitrogens with zero attached hydrogens (tertiary/aromatic N) is 1. The molecule has 1 aliphatic carbocycles. The highest BCUT2D eigenvalue weighted by Crippen LogP contribution is 2.23. The molecule has 1 saturated carbocycles. The Labute approximate surface area is 104 Å². The molecule has 0 bridgehead atoms. The third-order valence-electron chi connectivity index (χ3n) is 3.37. The molecule has 0 heterocycles. The minimum absolute atomic E-state index is 0.0133. The Morgan fingerprint density at radius 1 is 1.41 bits per heavy atom. The summed E-state index contributed by atoms with van der Waals surface area (Å²) in [7, 11) is 0. The number of hydrogen-bond donors (Lipinski definition) is 1. The lowest BCUT2D eigenvalue weighted by Crippen LogP contribution is -2.42. The van der Waals surface area contributed by atoms with Gasteiger partial charge >= 0.3 is 0 Å². The lowest BCUT2D eigenvalue weighted by atomic mass is 10.2. The molecule has 4 heteroatoms. The number of ether oxygens (including phenoxy) is 1. The lowest BCUT2D eigenvalue weighted by molar-refractivity contribution is -0.148. The number of carbonyl (C=O) groups excluding carboxylic acids is 1. The van der Waals surface area contributed by atoms with Crippen LogP contribution in [0.4, 0.5) is 0 Å². The van der Waals surface area contributed by atoms with Gasteiger partial charge in [0.1, 0.15) is 6.10 Å². The summed E-state index contributed by atoms with van der Waals surface area (Å²) in [5.41, 5.74) is 0. The first-order chi connectivity index (χ1) is 8.22. The van der Waals surface area contributed by atoms with Gasteiger partial charge in [-0.2, -0.15) is 0 Å². The predicted molar refractivity (Wildman–Crippen MR) is 66.8 cm³/mol. The van der Waals surface area contributed by atoms with E-state index in [0.29, 0.717) is 19.5 Å². The van der Waals surface area contributed by atoms with Crippen LogP contribution in [-0.2, 0) is 9.53 Å². The van der Waals surface area contributed by atoms with E-state index >= 15 is 0 Å². The number of aliphatic hydroxyl groups excluding tert-OH is 1. The van der Waals surface area contributed by atoms with E-state index in [1.165, 1.54) is 12.8 Å². The molecule has 0 saturated heterocycles. The molecule has 1 unspecified atom stereocenters. The van der Waals surface area contributed by atoms with Crippen LogP contribution in [0.5, 0.6) is 0 Å². The van der Waals surface area contributed by atoms with E-state index in [4.69, 9.17) is 9.84 Å². The third kappa shape index (κ3) is 4.28. The Hall–Kier alpha value is -0.610. The van der Waals surface area contributed by atoms with Crippen molar-refractivity contribution in [3.63, 3.8) is 0 Å². The van der Waals surface area contributed by atoms with Crippen molar-refractivity contribution in [2.24, 2.45) is 0 Å². The van der Waals surface area contributed by atoms with Gasteiger partial charge in [0.2, 0.25) is 0 Å². The van der Waals surface area contributed by atoms with Crippen LogP contribution in [0.3, 0.4) is 0 Å². The Balaban J connectivity index is 2.48. The summed E-state index contributed by atoms with van der Waals surface area (Å²) in [6.45, 7) is 4.95. The van der Waals surface area contributed by atoms with Crippen LogP contribution in [0.15, 0.2) is 0 Å². The number of hydrogen-bond acceptors (Lipinski definition) is 3. The molecule has 0 aromatic carbocycles. The summed E-state index contributed by atoms with van der Waals surface area (Å²) in [4.78, 5) is 13.8. The number of likely N-dealkylation sites (N-methyl/N-ethyl adjacent to an activating group) is 1. The lowest BCUT2D eigenvalue weighted by Gasteiger charge is -2.27. The Bertz CT molecular complexity index is 227. The molecule has 1 fully saturated rings. The van der Waals surface area contributed by atoms with Crippen molar-refractivity contribution in [1.29, 1.82) is 0 Å². The zero-order valence-corrected chi connectivity index (χ0v) is 11.0. The number of amides is 1. The average Bonchev–Trinajstić information content (AvgIpc) is 2.85. The van der Waals surface area contributed by atoms with Gasteiger partial charge in [0.15, 0.2) is 0 Å². The molecule has 1 rings (SSSR count). The van der Waals surface area contributed by atoms with Crippen LogP contribution in [0.2, 0.25) is 0 Å². The summed E-state index contributed by atoms with van der Waals surface area (Å²) in [6, 6.07) is 0. The van der Waals surface area contributed by atoms with Crippen molar-refractivity contribution in [2.75, 3.05) is 19.7 Å². The zero-order chi connectivity index (χ0) is 12.7. The smallest absolute Gasteiger partial charge is 0.251 e. The minimum Gasteiger partial charge on any atom is -0.395 e. The van der Waals surface area contributed by atoms with E-state index < -0.39 is 0 Å². The van der Waals surface area contributed by atoms with Crippen LogP contribution in [0.25, 0.3) is 0 Å². The Morgan fingerprint density at radius 3 is 2.53 bits per heavy atom. The van der Waals surface area contributed by atoms with Gasteiger partial charge in [-0.15, -0.1) is 0 Å². The van der Waals surface area contributed by atoms with Gasteiger partial charge in [0.25, 0.3) is 5.91 Å². The maximum absolute atomic E-state index is 12.2. The molecule has 4 nitrogen and oxygen atoms in total. The summed E-state index contributed by atoms with van der Waals surface area (Å²) in [6.07, 6.45) is 5.22. The van der Waals surface area contributed by atoms with Gasteiger partial charge in [-0.25, -0.2) is 0 Å². The van der Waals surface area contributed by atoms with Crippen LogP contribution in [0.1, 0.15) is 46.0 Å². The van der Waals surface area contributed by atoms with Gasteiger partial charge in [0.05, 0.1) is 12.7 Å². The zero-order valence-electron chi connectivity index (χ0n) is 11.0. The number of rotatable bonds is 7. The summed E-state index contributed by atoms with van der Waals surface area (Å²) < 4.78 is 5.88. The van der Waals surface area contributed by atoms with Crippen molar-refractivity contribution in [1.82, 2.24) is 4.90 Å². The average molecular weight is 243 g/mol. The van der Waals surface area contributed by atoms with E-state index in [-0.39, 0.29) is 24.7 Å². The standard InChI is InChI=1S/C13H25NO3/c1-3-12(17-11-7-5-6-8-11)13(16)14(4-2)9-10-15/h11-12,15H,3-10H2,1-2H3. The first kappa shape index (κ1) is 14.5. The van der Waals surface area contributed by atoms with E-state index in [2.05, 4.69) is 0 Å². The van der Waals surface area contributed by atoms with Crippen molar-refractivity contribution < 1.29 is 14.6 Å². The van der Waals surface area contributed by atoms with Gasteiger partial charge in [-0.05, 0) is 26.2 Å². The molecular weight excluding hydrogens is 218 g/mol. The second-order valence-electron chi connectivity index (χ2n) is 4.58. The monoisotopic (exact) mass is 243 g/mol. The quantitative estimate of drug-likeness (QED) is 0.738. The molecule has 1 atom stereocenters. The Kier molecular flexibility index (Phi) is 6.52. The van der Waals surface area contributed by atoms with Gasteiger partial charge < -0.3 is 14.7 Å². The SMILES string of the molecule is CCC(OC1CCCC1)C(=O)N(CC)CCO. The van der Waals surface area contributed by atoms with E-state index in [1.807, 2.05) is 13.8 Å². The Morgan fingerprint density at radius 2 is 2.06 bits per heavy atom. The highest BCUT2D eigenvalue weighted by atomic mass is 16.5. The van der Waals surface area contributed by atoms with Gasteiger partial charge in [-0.3, -0.25) is 4.79 Å². The molecule has 17 heavy (non-hydrogen) atoms. The van der Waals surface area contributed by atoms with Crippen molar-refractivity contribution in [3.05, 3.63) is 0 Å². The predicted octanol–water partition coefficient (Wildman–Crippen LogP) is 1.56. The summed E-state index contributed by atoms with van der Waals surface area (Å²) in [5, 5.41) is 8.92. The summed E-state index contributed by atoms with van der Waals surface area (Å²) >= 11 is 0. The molecule has 1 aliphatic rings. The first-order valence-electron chi connectivity index (χ1n) is 6.78. The van der Waals surface area contributed by atoms with E-state index in [9.17, 15) is 4.79 Å². The van der Waals surface area contributed by atoms with Crippen LogP contribution >= 0.6 is 0 Å². The van der Waals surface area contributed by atoms with E-state index in [0.717, 1.165) is 12.8 Å². The van der Waals surface area contributed by atoms with Crippen LogP contribution in [0, 0.1) is 0 Å². The maximum Gasteiger partial charge on any atom is 0.251 e. The molecule has 0 radical (unpaired) electrons. The number of carbonyl (C=O) groups is 1. The van der Waals surface area contributed by atoms with E-state index in [1.54, 1.807) is 4.90 Å². The fourth-order valence-electron chi connectivity index (χ4n) is 2.33. The van der Waals surface area contributed by atoms with Crippen molar-refractivity contribution in [2.45, 2.75) is 58.2 Å². The second-order valence-corrected chi connectivity index (χ2v) is 4.58. The summed E-state index contributed by atoms with van der Waals surface area (Å²) in [5.74, 6) is 0.0240. The van der Waals surface area contributed by atoms with Gasteiger partial charge in [0, 0.05) is 13.1 Å². The molecule has 0 aromatic rings. The third-order valence-corrected chi connectivity index (χ3v) is 3.37. The molecule has 0 aromatic heterocycles. The first-order valence-corrected chi connectivity index (χ1v) is 6.78. The highest BCUT2D eigenvalue weighted by Gasteiger charge is 2.26. The van der Waals surface area contributed by atoms with Crippen LogP contribution in [-0.4, -0.2) is 47.8 Å². The topological polar surface area (TPSA) is 49.8 Å². The largest absolute Gasteiger partial charge is 0.395 e. The van der Waals surface area contributed by atoms with Crippen LogP contribution < -0.4 is 0 Å². The fourth-order valence-corrected chi connectivity index (χ4v) is 2.33. The molecule has 1 N–H and O–H groups in total. The molecule has 0 aliphatic heterocycles. The maximum atomic E-state index is 12.2. The van der Waals surface area contributed by atoms with Gasteiger partial charge in [-0.1, -0.05) is 19.8 Å². The molecule has 100 valence electrons. The highest BCUT2D eigenvalue weighted by molar-refractivity contribution is 5.80. The minimum atomic E-state index is -0.329. The fraction of sp³-hybridized carbons (Fsp3) is 0.923. The van der Waals surface area contributed by atoms with Crippen molar-refractivity contribution >= 4 is 5.91 Å². The number of aliphatic hydroxyl groups is 1.